The average Bonchev–Trinajstić information content (AvgIpc) is 2.81. The molecule has 7 heteroatoms. The molecule has 0 aliphatic carbocycles. The number of benzene rings is 2. The average molecular weight is 363 g/mol. The lowest BCUT2D eigenvalue weighted by Gasteiger charge is -2.06. The second kappa shape index (κ2) is 5.73. The molecule has 0 radical (unpaired) electrons. The maximum atomic E-state index is 12.9. The van der Waals surface area contributed by atoms with Gasteiger partial charge in [-0.1, -0.05) is 23.2 Å². The number of carbonyl (C=O) groups is 1. The Bertz CT molecular complexity index is 1080. The highest BCUT2D eigenvalue weighted by Gasteiger charge is 2.21. The number of nitrogens with two attached hydrogens (primary N) is 1. The quantitative estimate of drug-likeness (QED) is 0.700. The molecule has 3 rings (SSSR count). The SMILES string of the molecule is Cc1ccc2[nH]c(C)c(C(=O)c3ccc(Cl)c(S(N)(=O)=O)c3)c2c1. The molecule has 5 nitrogen and oxygen atoms in total. The van der Waals surface area contributed by atoms with Crippen molar-refractivity contribution in [2.75, 3.05) is 0 Å². The summed E-state index contributed by atoms with van der Waals surface area (Å²) in [7, 11) is -4.01. The Kier molecular flexibility index (Phi) is 3.99. The molecule has 0 aliphatic heterocycles. The molecule has 3 aromatic rings. The number of hydrogen-bond donors (Lipinski definition) is 2. The van der Waals surface area contributed by atoms with E-state index in [-0.39, 0.29) is 21.3 Å². The fraction of sp³-hybridized carbons (Fsp3) is 0.118. The molecule has 0 spiro atoms. The van der Waals surface area contributed by atoms with Crippen LogP contribution in [0.5, 0.6) is 0 Å². The van der Waals surface area contributed by atoms with Gasteiger partial charge in [0.05, 0.1) is 10.6 Å². The predicted octanol–water partition coefficient (Wildman–Crippen LogP) is 3.32. The zero-order valence-electron chi connectivity index (χ0n) is 13.1. The predicted molar refractivity (Wildman–Crippen MR) is 94.0 cm³/mol. The lowest BCUT2D eigenvalue weighted by atomic mass is 9.99. The lowest BCUT2D eigenvalue weighted by Crippen LogP contribution is -2.14. The highest BCUT2D eigenvalue weighted by molar-refractivity contribution is 7.89. The molecule has 0 saturated heterocycles. The standard InChI is InChI=1S/C17H15ClN2O3S/c1-9-3-6-14-12(7-9)16(10(2)20-14)17(21)11-4-5-13(18)15(8-11)24(19,22)23/h3-8,20H,1-2H3,(H2,19,22,23). The van der Waals surface area contributed by atoms with Crippen LogP contribution in [0.4, 0.5) is 0 Å². The van der Waals surface area contributed by atoms with E-state index in [0.29, 0.717) is 11.3 Å². The number of hydrogen-bond acceptors (Lipinski definition) is 3. The summed E-state index contributed by atoms with van der Waals surface area (Å²) in [4.78, 5) is 15.9. The van der Waals surface area contributed by atoms with Gasteiger partial charge < -0.3 is 4.98 Å². The first-order chi connectivity index (χ1) is 11.2. The molecule has 0 unspecified atom stereocenters. The topological polar surface area (TPSA) is 93.0 Å². The van der Waals surface area contributed by atoms with Gasteiger partial charge in [0.25, 0.3) is 0 Å². The monoisotopic (exact) mass is 362 g/mol. The highest BCUT2D eigenvalue weighted by atomic mass is 35.5. The number of aryl methyl sites for hydroxylation is 2. The molecule has 24 heavy (non-hydrogen) atoms. The normalized spacial score (nSPS) is 11.8. The first-order valence-corrected chi connectivity index (χ1v) is 9.07. The number of ketones is 1. The summed E-state index contributed by atoms with van der Waals surface area (Å²) >= 11 is 5.88. The van der Waals surface area contributed by atoms with Crippen LogP contribution in [0.1, 0.15) is 27.2 Å². The fourth-order valence-corrected chi connectivity index (χ4v) is 3.81. The first kappa shape index (κ1) is 16.7. The van der Waals surface area contributed by atoms with Crippen LogP contribution in [-0.4, -0.2) is 19.2 Å². The molecule has 0 fully saturated rings. The number of rotatable bonds is 3. The third-order valence-corrected chi connectivity index (χ3v) is 5.26. The van der Waals surface area contributed by atoms with Gasteiger partial charge in [0.1, 0.15) is 4.90 Å². The Morgan fingerprint density at radius 1 is 1.12 bits per heavy atom. The van der Waals surface area contributed by atoms with Crippen LogP contribution in [0, 0.1) is 13.8 Å². The third kappa shape index (κ3) is 2.84. The first-order valence-electron chi connectivity index (χ1n) is 7.14. The summed E-state index contributed by atoms with van der Waals surface area (Å²) in [5.41, 5.74) is 3.32. The van der Waals surface area contributed by atoms with Crippen molar-refractivity contribution in [2.24, 2.45) is 5.14 Å². The summed E-state index contributed by atoms with van der Waals surface area (Å²) in [6, 6.07) is 9.86. The maximum Gasteiger partial charge on any atom is 0.239 e. The number of carbonyl (C=O) groups excluding carboxylic acids is 1. The van der Waals surface area contributed by atoms with Crippen molar-refractivity contribution in [2.45, 2.75) is 18.7 Å². The van der Waals surface area contributed by atoms with E-state index in [9.17, 15) is 13.2 Å². The minimum Gasteiger partial charge on any atom is -0.358 e. The number of aromatic nitrogens is 1. The minimum absolute atomic E-state index is 0.0134. The molecule has 0 amide bonds. The molecule has 1 heterocycles. The van der Waals surface area contributed by atoms with E-state index >= 15 is 0 Å². The van der Waals surface area contributed by atoms with Crippen LogP contribution in [0.3, 0.4) is 0 Å². The molecular weight excluding hydrogens is 348 g/mol. The van der Waals surface area contributed by atoms with Crippen molar-refractivity contribution >= 4 is 38.3 Å². The number of nitrogens with one attached hydrogen (secondary N) is 1. The van der Waals surface area contributed by atoms with Crippen LogP contribution in [0.2, 0.25) is 5.02 Å². The molecule has 124 valence electrons. The number of halogens is 1. The van der Waals surface area contributed by atoms with E-state index < -0.39 is 10.0 Å². The molecule has 0 atom stereocenters. The Balaban J connectivity index is 2.21. The highest BCUT2D eigenvalue weighted by Crippen LogP contribution is 2.28. The zero-order chi connectivity index (χ0) is 17.6. The van der Waals surface area contributed by atoms with Crippen molar-refractivity contribution in [3.63, 3.8) is 0 Å². The molecule has 2 aromatic carbocycles. The number of fused-ring (bicyclic) bond motifs is 1. The Hall–Kier alpha value is -2.15. The largest absolute Gasteiger partial charge is 0.358 e. The number of sulfonamides is 1. The van der Waals surface area contributed by atoms with Crippen LogP contribution in [0.25, 0.3) is 10.9 Å². The molecule has 0 bridgehead atoms. The van der Waals surface area contributed by atoms with Crippen LogP contribution < -0.4 is 5.14 Å². The van der Waals surface area contributed by atoms with Crippen molar-refractivity contribution in [3.8, 4) is 0 Å². The van der Waals surface area contributed by atoms with Crippen LogP contribution in [-0.2, 0) is 10.0 Å². The van der Waals surface area contributed by atoms with E-state index in [0.717, 1.165) is 16.5 Å². The van der Waals surface area contributed by atoms with Crippen molar-refractivity contribution in [1.82, 2.24) is 4.98 Å². The summed E-state index contributed by atoms with van der Waals surface area (Å²) in [5, 5.41) is 5.94. The van der Waals surface area contributed by atoms with Gasteiger partial charge >= 0.3 is 0 Å². The van der Waals surface area contributed by atoms with Crippen LogP contribution >= 0.6 is 11.6 Å². The van der Waals surface area contributed by atoms with E-state index in [2.05, 4.69) is 4.98 Å². The van der Waals surface area contributed by atoms with E-state index in [1.165, 1.54) is 18.2 Å². The summed E-state index contributed by atoms with van der Waals surface area (Å²) in [6.07, 6.45) is 0. The second-order valence-electron chi connectivity index (χ2n) is 5.69. The number of H-pyrrole nitrogens is 1. The van der Waals surface area contributed by atoms with Gasteiger partial charge in [-0.3, -0.25) is 4.79 Å². The molecular formula is C17H15ClN2O3S. The van der Waals surface area contributed by atoms with E-state index in [1.807, 2.05) is 25.1 Å². The number of aromatic amines is 1. The van der Waals surface area contributed by atoms with Gasteiger partial charge in [-0.15, -0.1) is 0 Å². The molecule has 1 aromatic heterocycles. The van der Waals surface area contributed by atoms with Gasteiger partial charge in [0.15, 0.2) is 5.78 Å². The summed E-state index contributed by atoms with van der Waals surface area (Å²) in [5.74, 6) is -0.286. The molecule has 0 saturated carbocycles. The van der Waals surface area contributed by atoms with E-state index in [1.54, 1.807) is 6.92 Å². The van der Waals surface area contributed by atoms with Crippen molar-refractivity contribution < 1.29 is 13.2 Å². The maximum absolute atomic E-state index is 12.9. The third-order valence-electron chi connectivity index (χ3n) is 3.87. The Morgan fingerprint density at radius 3 is 2.50 bits per heavy atom. The second-order valence-corrected chi connectivity index (χ2v) is 7.63. The van der Waals surface area contributed by atoms with Gasteiger partial charge in [0.2, 0.25) is 10.0 Å². The Morgan fingerprint density at radius 2 is 1.83 bits per heavy atom. The lowest BCUT2D eigenvalue weighted by molar-refractivity contribution is 0.103. The smallest absolute Gasteiger partial charge is 0.239 e. The van der Waals surface area contributed by atoms with Gasteiger partial charge in [-0.2, -0.15) is 0 Å². The van der Waals surface area contributed by atoms with Gasteiger partial charge in [0, 0.05) is 22.2 Å². The fourth-order valence-electron chi connectivity index (χ4n) is 2.74. The minimum atomic E-state index is -4.01. The van der Waals surface area contributed by atoms with Gasteiger partial charge in [-0.25, -0.2) is 13.6 Å². The Labute approximate surface area is 144 Å². The zero-order valence-corrected chi connectivity index (χ0v) is 14.6. The summed E-state index contributed by atoms with van der Waals surface area (Å²) in [6.45, 7) is 3.75. The van der Waals surface area contributed by atoms with Crippen molar-refractivity contribution in [1.29, 1.82) is 0 Å². The summed E-state index contributed by atoms with van der Waals surface area (Å²) < 4.78 is 23.2. The molecule has 3 N–H and O–H groups in total. The van der Waals surface area contributed by atoms with Crippen LogP contribution in [0.15, 0.2) is 41.3 Å². The van der Waals surface area contributed by atoms with Crippen molar-refractivity contribution in [3.05, 3.63) is 63.8 Å². The number of primary sulfonamides is 1. The van der Waals surface area contributed by atoms with E-state index in [4.69, 9.17) is 16.7 Å². The van der Waals surface area contributed by atoms with Gasteiger partial charge in [-0.05, 0) is 44.2 Å². The molecule has 0 aliphatic rings.